The first-order valence-electron chi connectivity index (χ1n) is 16.4. The van der Waals surface area contributed by atoms with Crippen LogP contribution in [0.5, 0.6) is 0 Å². The lowest BCUT2D eigenvalue weighted by atomic mass is 9.72. The summed E-state index contributed by atoms with van der Waals surface area (Å²) in [6.45, 7) is 45.6. The molecule has 2 N–H and O–H groups in total. The van der Waals surface area contributed by atoms with Crippen LogP contribution in [0.1, 0.15) is 131 Å². The second-order valence-corrected chi connectivity index (χ2v) is 18.5. The molecule has 4 unspecified atom stereocenters. The van der Waals surface area contributed by atoms with Crippen molar-refractivity contribution in [1.82, 2.24) is 20.4 Å². The lowest BCUT2D eigenvalue weighted by molar-refractivity contribution is -0.0866. The maximum atomic E-state index is 5.78. The van der Waals surface area contributed by atoms with Crippen LogP contribution in [0.2, 0.25) is 0 Å². The Morgan fingerprint density at radius 2 is 1.20 bits per heavy atom. The zero-order valence-corrected chi connectivity index (χ0v) is 30.3. The normalized spacial score (nSPS) is 28.1. The number of rotatable bonds is 1. The Hall–Kier alpha value is -0.200. The molecular formula is C35H74N4O. The van der Waals surface area contributed by atoms with Crippen molar-refractivity contribution in [3.05, 3.63) is 0 Å². The number of hydrogen-bond donors (Lipinski definition) is 2. The third-order valence-electron chi connectivity index (χ3n) is 9.40. The van der Waals surface area contributed by atoms with E-state index in [2.05, 4.69) is 138 Å². The highest BCUT2D eigenvalue weighted by Crippen LogP contribution is 2.35. The summed E-state index contributed by atoms with van der Waals surface area (Å²) in [5.41, 5.74) is 1.83. The number of nitrogens with zero attached hydrogens (tertiary/aromatic N) is 2. The molecule has 4 atom stereocenters. The Labute approximate surface area is 252 Å². The van der Waals surface area contributed by atoms with Gasteiger partial charge in [0.05, 0.1) is 12.7 Å². The van der Waals surface area contributed by atoms with Crippen molar-refractivity contribution in [3.63, 3.8) is 0 Å². The first-order chi connectivity index (χ1) is 17.8. The lowest BCUT2D eigenvalue weighted by Gasteiger charge is -2.42. The molecule has 0 saturated carbocycles. The molecule has 40 heavy (non-hydrogen) atoms. The molecule has 0 radical (unpaired) electrons. The molecule has 0 aliphatic carbocycles. The SMILES string of the molecule is CC(C)(C)C1CCC(C(C)(C)C)NC1.CC(C)(C)C1CN(C(C)(C)C)CN1.CC(C)N1CCOC(C(C)(C)C)C1. The van der Waals surface area contributed by atoms with Crippen LogP contribution >= 0.6 is 0 Å². The van der Waals surface area contributed by atoms with Gasteiger partial charge in [0, 0.05) is 50.0 Å². The van der Waals surface area contributed by atoms with Gasteiger partial charge in [-0.2, -0.15) is 0 Å². The summed E-state index contributed by atoms with van der Waals surface area (Å²) in [5.74, 6) is 0.848. The molecule has 5 heteroatoms. The van der Waals surface area contributed by atoms with Gasteiger partial charge in [-0.25, -0.2) is 0 Å². The summed E-state index contributed by atoms with van der Waals surface area (Å²) >= 11 is 0. The van der Waals surface area contributed by atoms with Gasteiger partial charge >= 0.3 is 0 Å². The Bertz CT molecular complexity index is 664. The summed E-state index contributed by atoms with van der Waals surface area (Å²) in [5, 5.41) is 7.29. The molecule has 5 nitrogen and oxygen atoms in total. The first kappa shape index (κ1) is 37.8. The number of morpholine rings is 1. The lowest BCUT2D eigenvalue weighted by Crippen LogP contribution is -2.50. The standard InChI is InChI=1S/C13H27N.C11H24N2.C11H23NO/c1-12(2,3)10-7-8-11(14-9-10)13(4,5)6;1-10(2,3)9-7-13(8-12-9)11(4,5)6;1-9(2)12-6-7-13-10(8-12)11(3,4)5/h10-11,14H,7-9H2,1-6H3;9,12H,7-8H2,1-6H3;9-10H,6-8H2,1-5H3. The quantitative estimate of drug-likeness (QED) is 0.341. The molecular weight excluding hydrogens is 492 g/mol. The Kier molecular flexibility index (Phi) is 13.7. The van der Waals surface area contributed by atoms with Gasteiger partial charge in [-0.15, -0.1) is 0 Å². The third kappa shape index (κ3) is 13.0. The van der Waals surface area contributed by atoms with E-state index in [1.807, 2.05) is 0 Å². The number of nitrogens with one attached hydrogen (secondary N) is 2. The van der Waals surface area contributed by atoms with Crippen molar-refractivity contribution in [1.29, 1.82) is 0 Å². The highest BCUT2D eigenvalue weighted by Gasteiger charge is 2.36. The molecule has 0 bridgehead atoms. The zero-order chi connectivity index (χ0) is 31.3. The van der Waals surface area contributed by atoms with Crippen molar-refractivity contribution in [3.8, 4) is 0 Å². The van der Waals surface area contributed by atoms with Crippen LogP contribution in [0.3, 0.4) is 0 Å². The van der Waals surface area contributed by atoms with Gasteiger partial charge in [-0.05, 0) is 81.6 Å². The van der Waals surface area contributed by atoms with E-state index in [0.29, 0.717) is 46.0 Å². The fraction of sp³-hybridized carbons (Fsp3) is 1.00. The fourth-order valence-electron chi connectivity index (χ4n) is 5.66. The molecule has 0 aromatic carbocycles. The van der Waals surface area contributed by atoms with Gasteiger partial charge in [0.15, 0.2) is 0 Å². The number of piperidine rings is 1. The minimum Gasteiger partial charge on any atom is -0.375 e. The van der Waals surface area contributed by atoms with Crippen molar-refractivity contribution in [2.75, 3.05) is 39.5 Å². The number of ether oxygens (including phenoxy) is 1. The largest absolute Gasteiger partial charge is 0.375 e. The maximum absolute atomic E-state index is 5.78. The van der Waals surface area contributed by atoms with Crippen molar-refractivity contribution >= 4 is 0 Å². The third-order valence-corrected chi connectivity index (χ3v) is 9.40. The molecule has 3 fully saturated rings. The molecule has 0 spiro atoms. The summed E-state index contributed by atoms with van der Waals surface area (Å²) in [7, 11) is 0. The topological polar surface area (TPSA) is 39.8 Å². The number of hydrogen-bond acceptors (Lipinski definition) is 5. The summed E-state index contributed by atoms with van der Waals surface area (Å²) < 4.78 is 5.78. The molecule has 3 rings (SSSR count). The van der Waals surface area contributed by atoms with Crippen molar-refractivity contribution < 1.29 is 4.74 Å². The van der Waals surface area contributed by atoms with Crippen molar-refractivity contribution in [2.24, 2.45) is 27.6 Å². The fourth-order valence-corrected chi connectivity index (χ4v) is 5.66. The van der Waals surface area contributed by atoms with E-state index in [9.17, 15) is 0 Å². The smallest absolute Gasteiger partial charge is 0.0750 e. The maximum Gasteiger partial charge on any atom is 0.0750 e. The molecule has 3 heterocycles. The minimum atomic E-state index is 0.271. The minimum absolute atomic E-state index is 0.271. The van der Waals surface area contributed by atoms with Crippen molar-refractivity contribution in [2.45, 2.75) is 160 Å². The van der Waals surface area contributed by atoms with E-state index in [-0.39, 0.29) is 5.41 Å². The zero-order valence-electron chi connectivity index (χ0n) is 30.3. The van der Waals surface area contributed by atoms with Gasteiger partial charge in [-0.1, -0.05) is 83.1 Å². The van der Waals surface area contributed by atoms with Gasteiger partial charge in [0.1, 0.15) is 0 Å². The van der Waals surface area contributed by atoms with Gasteiger partial charge < -0.3 is 10.1 Å². The van der Waals surface area contributed by atoms with E-state index in [1.54, 1.807) is 0 Å². The second kappa shape index (κ2) is 14.5. The van der Waals surface area contributed by atoms with Gasteiger partial charge in [0.25, 0.3) is 0 Å². The van der Waals surface area contributed by atoms with Gasteiger partial charge in [-0.3, -0.25) is 15.1 Å². The second-order valence-electron chi connectivity index (χ2n) is 18.5. The summed E-state index contributed by atoms with van der Waals surface area (Å²) in [4.78, 5) is 5.00. The molecule has 0 amide bonds. The molecule has 0 aromatic heterocycles. The Balaban J connectivity index is 0.000000300. The van der Waals surface area contributed by atoms with Crippen LogP contribution in [-0.2, 0) is 4.74 Å². The van der Waals surface area contributed by atoms with Crippen LogP contribution in [-0.4, -0.2) is 79.0 Å². The van der Waals surface area contributed by atoms with E-state index in [0.717, 1.165) is 32.3 Å². The van der Waals surface area contributed by atoms with Gasteiger partial charge in [0.2, 0.25) is 0 Å². The average Bonchev–Trinajstić information content (AvgIpc) is 3.30. The molecule has 240 valence electrons. The van der Waals surface area contributed by atoms with E-state index in [4.69, 9.17) is 4.74 Å². The molecule has 3 aliphatic heterocycles. The van der Waals surface area contributed by atoms with Crippen LogP contribution in [0.4, 0.5) is 0 Å². The molecule has 3 aliphatic rings. The first-order valence-corrected chi connectivity index (χ1v) is 16.4. The van der Waals surface area contributed by atoms with E-state index < -0.39 is 0 Å². The summed E-state index contributed by atoms with van der Waals surface area (Å²) in [6, 6.07) is 1.99. The Morgan fingerprint density at radius 3 is 1.52 bits per heavy atom. The highest BCUT2D eigenvalue weighted by molar-refractivity contribution is 4.92. The summed E-state index contributed by atoms with van der Waals surface area (Å²) in [6.07, 6.45) is 3.12. The highest BCUT2D eigenvalue weighted by atomic mass is 16.5. The van der Waals surface area contributed by atoms with Crippen LogP contribution in [0.15, 0.2) is 0 Å². The average molecular weight is 567 g/mol. The predicted octanol–water partition coefficient (Wildman–Crippen LogP) is 7.65. The monoisotopic (exact) mass is 567 g/mol. The van der Waals surface area contributed by atoms with Crippen LogP contribution in [0, 0.1) is 27.6 Å². The Morgan fingerprint density at radius 1 is 0.650 bits per heavy atom. The van der Waals surface area contributed by atoms with E-state index in [1.165, 1.54) is 25.9 Å². The van der Waals surface area contributed by atoms with Crippen LogP contribution in [0.25, 0.3) is 0 Å². The molecule has 0 aromatic rings. The predicted molar refractivity (Wildman–Crippen MR) is 177 cm³/mol. The van der Waals surface area contributed by atoms with E-state index >= 15 is 0 Å². The molecule has 3 saturated heterocycles. The van der Waals surface area contributed by atoms with Crippen LogP contribution < -0.4 is 10.6 Å².